The molecule has 0 aromatic carbocycles. The molecule has 0 saturated carbocycles. The van der Waals surface area contributed by atoms with Gasteiger partial charge < -0.3 is 5.11 Å². The monoisotopic (exact) mass is 368 g/mol. The maximum Gasteiger partial charge on any atom is 0.347 e. The third-order valence-electron chi connectivity index (χ3n) is 1.30. The highest BCUT2D eigenvalue weighted by atomic mass is 79.9. The molecular formula is C9H6Br2O2S2. The van der Waals surface area contributed by atoms with Crippen LogP contribution in [0.4, 0.5) is 0 Å². The van der Waals surface area contributed by atoms with Crippen molar-refractivity contribution in [2.45, 2.75) is 0 Å². The Labute approximate surface area is 112 Å². The van der Waals surface area contributed by atoms with Crippen LogP contribution in [0.2, 0.25) is 0 Å². The molecule has 0 aliphatic heterocycles. The molecule has 0 radical (unpaired) electrons. The smallest absolute Gasteiger partial charge is 0.347 e. The molecule has 80 valence electrons. The highest BCUT2D eigenvalue weighted by Gasteiger charge is 2.07. The van der Waals surface area contributed by atoms with Gasteiger partial charge in [-0.2, -0.15) is 11.3 Å². The third-order valence-corrected chi connectivity index (χ3v) is 4.60. The van der Waals surface area contributed by atoms with Gasteiger partial charge in [-0.15, -0.1) is 11.3 Å². The molecule has 0 fully saturated rings. The zero-order chi connectivity index (χ0) is 11.3. The molecule has 0 saturated heterocycles. The average molecular weight is 370 g/mol. The van der Waals surface area contributed by atoms with Gasteiger partial charge in [0.15, 0.2) is 0 Å². The number of carboxylic acids is 1. The first-order chi connectivity index (χ1) is 7.11. The summed E-state index contributed by atoms with van der Waals surface area (Å²) in [6.45, 7) is 0. The van der Waals surface area contributed by atoms with Crippen LogP contribution >= 0.6 is 54.5 Å². The van der Waals surface area contributed by atoms with Gasteiger partial charge in [-0.3, -0.25) is 0 Å². The van der Waals surface area contributed by atoms with E-state index in [9.17, 15) is 4.79 Å². The Kier molecular flexibility index (Phi) is 5.52. The third kappa shape index (κ3) is 4.46. The highest BCUT2D eigenvalue weighted by molar-refractivity contribution is 9.10. The maximum atomic E-state index is 10.3. The van der Waals surface area contributed by atoms with E-state index in [1.165, 1.54) is 15.8 Å². The second-order valence-electron chi connectivity index (χ2n) is 2.34. The van der Waals surface area contributed by atoms with Crippen LogP contribution < -0.4 is 0 Å². The van der Waals surface area contributed by atoms with E-state index < -0.39 is 5.97 Å². The minimum Gasteiger partial charge on any atom is -0.477 e. The molecule has 0 atom stereocenters. The second kappa shape index (κ2) is 6.42. The van der Waals surface area contributed by atoms with Gasteiger partial charge in [0.05, 0.1) is 0 Å². The van der Waals surface area contributed by atoms with Crippen molar-refractivity contribution in [3.05, 3.63) is 42.1 Å². The maximum absolute atomic E-state index is 10.3. The molecule has 0 aliphatic rings. The summed E-state index contributed by atoms with van der Waals surface area (Å²) in [5.74, 6) is -0.878. The summed E-state index contributed by atoms with van der Waals surface area (Å²) in [7, 11) is 0. The molecule has 0 unspecified atom stereocenters. The van der Waals surface area contributed by atoms with Gasteiger partial charge >= 0.3 is 5.97 Å². The summed E-state index contributed by atoms with van der Waals surface area (Å²) >= 11 is 9.29. The normalized spacial score (nSPS) is 9.20. The average Bonchev–Trinajstić information content (AvgIpc) is 2.77. The van der Waals surface area contributed by atoms with Gasteiger partial charge in [0.25, 0.3) is 0 Å². The Morgan fingerprint density at radius 2 is 2.00 bits per heavy atom. The van der Waals surface area contributed by atoms with Crippen molar-refractivity contribution in [1.82, 2.24) is 0 Å². The molecule has 2 aromatic heterocycles. The van der Waals surface area contributed by atoms with Crippen molar-refractivity contribution in [3.63, 3.8) is 0 Å². The van der Waals surface area contributed by atoms with Gasteiger partial charge in [0.2, 0.25) is 0 Å². The number of aromatic carboxylic acids is 1. The van der Waals surface area contributed by atoms with Crippen LogP contribution in [-0.4, -0.2) is 11.1 Å². The van der Waals surface area contributed by atoms with E-state index in [1.54, 1.807) is 22.8 Å². The molecule has 15 heavy (non-hydrogen) atoms. The standard InChI is InChI=1S/C5H3BrO2S.C4H3BrS/c6-3-1-2-9-4(3)5(7)8;5-4-1-2-6-3-4/h1-2H,(H,7,8);1-3H. The SMILES string of the molecule is Brc1ccsc1.O=C(O)c1sccc1Br. The van der Waals surface area contributed by atoms with Crippen LogP contribution in [0.15, 0.2) is 37.2 Å². The number of hydrogen-bond acceptors (Lipinski definition) is 3. The minimum absolute atomic E-state index is 0.356. The molecule has 0 bridgehead atoms. The number of carboxylic acid groups (broad SMARTS) is 1. The van der Waals surface area contributed by atoms with Crippen LogP contribution in [0.3, 0.4) is 0 Å². The minimum atomic E-state index is -0.878. The topological polar surface area (TPSA) is 37.3 Å². The van der Waals surface area contributed by atoms with E-state index >= 15 is 0 Å². The zero-order valence-corrected chi connectivity index (χ0v) is 12.1. The number of thiophene rings is 2. The van der Waals surface area contributed by atoms with Crippen molar-refractivity contribution >= 4 is 60.5 Å². The predicted molar refractivity (Wildman–Crippen MR) is 71.0 cm³/mol. The Morgan fingerprint density at radius 1 is 1.27 bits per heavy atom. The highest BCUT2D eigenvalue weighted by Crippen LogP contribution is 2.21. The van der Waals surface area contributed by atoms with Crippen LogP contribution in [0.25, 0.3) is 0 Å². The molecule has 0 aliphatic carbocycles. The summed E-state index contributed by atoms with van der Waals surface area (Å²) < 4.78 is 1.83. The summed E-state index contributed by atoms with van der Waals surface area (Å²) in [5.41, 5.74) is 0. The second-order valence-corrected chi connectivity index (χ2v) is 5.81. The molecule has 0 spiro atoms. The lowest BCUT2D eigenvalue weighted by atomic mass is 10.5. The first kappa shape index (κ1) is 12.9. The lowest BCUT2D eigenvalue weighted by Crippen LogP contribution is -1.91. The van der Waals surface area contributed by atoms with Crippen molar-refractivity contribution in [2.24, 2.45) is 0 Å². The van der Waals surface area contributed by atoms with E-state index in [-0.39, 0.29) is 0 Å². The zero-order valence-electron chi connectivity index (χ0n) is 7.31. The van der Waals surface area contributed by atoms with E-state index in [0.717, 1.165) is 0 Å². The summed E-state index contributed by atoms with van der Waals surface area (Å²) in [6.07, 6.45) is 0. The molecule has 2 rings (SSSR count). The quantitative estimate of drug-likeness (QED) is 0.789. The lowest BCUT2D eigenvalue weighted by Gasteiger charge is -1.84. The Morgan fingerprint density at radius 3 is 2.20 bits per heavy atom. The predicted octanol–water partition coefficient (Wildman–Crippen LogP) is 4.72. The fourth-order valence-electron chi connectivity index (χ4n) is 0.694. The van der Waals surface area contributed by atoms with Gasteiger partial charge in [-0.25, -0.2) is 4.79 Å². The number of hydrogen-bond donors (Lipinski definition) is 1. The molecule has 2 aromatic rings. The van der Waals surface area contributed by atoms with E-state index in [4.69, 9.17) is 5.11 Å². The van der Waals surface area contributed by atoms with E-state index in [2.05, 4.69) is 31.9 Å². The summed E-state index contributed by atoms with van der Waals surface area (Å²) in [5, 5.41) is 14.2. The van der Waals surface area contributed by atoms with Crippen LogP contribution in [-0.2, 0) is 0 Å². The number of rotatable bonds is 1. The fourth-order valence-corrected chi connectivity index (χ4v) is 3.22. The van der Waals surface area contributed by atoms with Crippen molar-refractivity contribution in [2.75, 3.05) is 0 Å². The largest absolute Gasteiger partial charge is 0.477 e. The van der Waals surface area contributed by atoms with Crippen molar-refractivity contribution < 1.29 is 9.90 Å². The Hall–Kier alpha value is -0.170. The Bertz CT molecular complexity index is 423. The molecule has 2 heterocycles. The van der Waals surface area contributed by atoms with Gasteiger partial charge in [0, 0.05) is 14.3 Å². The van der Waals surface area contributed by atoms with Crippen LogP contribution in [0.1, 0.15) is 9.67 Å². The molecule has 0 amide bonds. The first-order valence-electron chi connectivity index (χ1n) is 3.75. The summed E-state index contributed by atoms with van der Waals surface area (Å²) in [4.78, 5) is 10.6. The fraction of sp³-hybridized carbons (Fsp3) is 0. The number of halogens is 2. The van der Waals surface area contributed by atoms with E-state index in [0.29, 0.717) is 9.35 Å². The van der Waals surface area contributed by atoms with Crippen LogP contribution in [0.5, 0.6) is 0 Å². The number of carbonyl (C=O) groups is 1. The molecule has 2 nitrogen and oxygen atoms in total. The summed E-state index contributed by atoms with van der Waals surface area (Å²) in [6, 6.07) is 3.73. The molecular weight excluding hydrogens is 364 g/mol. The first-order valence-corrected chi connectivity index (χ1v) is 7.16. The van der Waals surface area contributed by atoms with Crippen molar-refractivity contribution in [1.29, 1.82) is 0 Å². The van der Waals surface area contributed by atoms with Gasteiger partial charge in [-0.1, -0.05) is 0 Å². The van der Waals surface area contributed by atoms with Gasteiger partial charge in [-0.05, 0) is 54.8 Å². The van der Waals surface area contributed by atoms with Crippen molar-refractivity contribution in [3.8, 4) is 0 Å². The van der Waals surface area contributed by atoms with Crippen LogP contribution in [0, 0.1) is 0 Å². The van der Waals surface area contributed by atoms with E-state index in [1.807, 2.05) is 16.8 Å². The molecule has 6 heteroatoms. The van der Waals surface area contributed by atoms with Gasteiger partial charge in [0.1, 0.15) is 4.88 Å². The Balaban J connectivity index is 0.000000162. The molecule has 1 N–H and O–H groups in total. The lowest BCUT2D eigenvalue weighted by molar-refractivity contribution is 0.0701.